The van der Waals surface area contributed by atoms with Gasteiger partial charge in [0, 0.05) is 30.5 Å². The van der Waals surface area contributed by atoms with Gasteiger partial charge in [0.2, 0.25) is 0 Å². The van der Waals surface area contributed by atoms with E-state index in [1.165, 1.54) is 0 Å². The fourth-order valence-electron chi connectivity index (χ4n) is 2.07. The van der Waals surface area contributed by atoms with Gasteiger partial charge >= 0.3 is 0 Å². The van der Waals surface area contributed by atoms with Gasteiger partial charge in [0.25, 0.3) is 5.91 Å². The number of amides is 1. The van der Waals surface area contributed by atoms with Crippen molar-refractivity contribution >= 4 is 16.8 Å². The summed E-state index contributed by atoms with van der Waals surface area (Å²) in [6.45, 7) is 0.462. The molecule has 2 heterocycles. The number of nitrogens with zero attached hydrogens (tertiary/aromatic N) is 2. The molecule has 1 aromatic carbocycles. The number of hydrogen-bond donors (Lipinski definition) is 1. The van der Waals surface area contributed by atoms with Gasteiger partial charge in [-0.25, -0.2) is 0 Å². The van der Waals surface area contributed by atoms with Gasteiger partial charge in [-0.05, 0) is 23.8 Å². The van der Waals surface area contributed by atoms with Crippen LogP contribution in [0.1, 0.15) is 15.9 Å². The first-order valence-corrected chi connectivity index (χ1v) is 6.35. The van der Waals surface area contributed by atoms with Gasteiger partial charge in [-0.1, -0.05) is 24.3 Å². The lowest BCUT2D eigenvalue weighted by molar-refractivity contribution is 0.0952. The van der Waals surface area contributed by atoms with E-state index in [0.717, 1.165) is 16.5 Å². The first-order chi connectivity index (χ1) is 9.84. The zero-order valence-corrected chi connectivity index (χ0v) is 10.8. The number of carbonyl (C=O) groups is 1. The minimum absolute atomic E-state index is 0.104. The third-order valence-corrected chi connectivity index (χ3v) is 3.07. The lowest BCUT2D eigenvalue weighted by Gasteiger charge is -2.07. The van der Waals surface area contributed by atoms with Crippen molar-refractivity contribution in [1.82, 2.24) is 15.3 Å². The normalized spacial score (nSPS) is 10.4. The average molecular weight is 263 g/mol. The lowest BCUT2D eigenvalue weighted by atomic mass is 10.1. The van der Waals surface area contributed by atoms with Crippen molar-refractivity contribution < 1.29 is 4.79 Å². The van der Waals surface area contributed by atoms with Crippen LogP contribution in [-0.4, -0.2) is 15.9 Å². The lowest BCUT2D eigenvalue weighted by Crippen LogP contribution is -2.23. The number of para-hydroxylation sites is 1. The summed E-state index contributed by atoms with van der Waals surface area (Å²) in [7, 11) is 0. The molecule has 0 saturated heterocycles. The van der Waals surface area contributed by atoms with Crippen LogP contribution in [0.25, 0.3) is 10.9 Å². The summed E-state index contributed by atoms with van der Waals surface area (Å²) in [6.07, 6.45) is 5.11. The van der Waals surface area contributed by atoms with Crippen molar-refractivity contribution in [2.45, 2.75) is 6.54 Å². The first-order valence-electron chi connectivity index (χ1n) is 6.35. The molecule has 0 aliphatic rings. The van der Waals surface area contributed by atoms with E-state index in [-0.39, 0.29) is 5.91 Å². The van der Waals surface area contributed by atoms with Gasteiger partial charge in [-0.2, -0.15) is 0 Å². The number of hydrogen-bond acceptors (Lipinski definition) is 3. The largest absolute Gasteiger partial charge is 0.348 e. The zero-order chi connectivity index (χ0) is 13.8. The standard InChI is InChI=1S/C16H13N3O/c20-16(19-11-12-4-3-8-17-10-12)14-7-9-18-15-6-2-1-5-13(14)15/h1-10H,11H2,(H,19,20). The maximum absolute atomic E-state index is 12.3. The number of pyridine rings is 2. The molecular weight excluding hydrogens is 250 g/mol. The average Bonchev–Trinajstić information content (AvgIpc) is 2.53. The fourth-order valence-corrected chi connectivity index (χ4v) is 2.07. The molecule has 0 fully saturated rings. The number of benzene rings is 1. The maximum Gasteiger partial charge on any atom is 0.252 e. The zero-order valence-electron chi connectivity index (χ0n) is 10.8. The van der Waals surface area contributed by atoms with E-state index in [0.29, 0.717) is 12.1 Å². The fraction of sp³-hybridized carbons (Fsp3) is 0.0625. The number of nitrogens with one attached hydrogen (secondary N) is 1. The van der Waals surface area contributed by atoms with E-state index >= 15 is 0 Å². The topological polar surface area (TPSA) is 54.9 Å². The van der Waals surface area contributed by atoms with Crippen LogP contribution >= 0.6 is 0 Å². The predicted molar refractivity (Wildman–Crippen MR) is 77.2 cm³/mol. The van der Waals surface area contributed by atoms with Crippen LogP contribution in [0, 0.1) is 0 Å². The molecule has 1 N–H and O–H groups in total. The smallest absolute Gasteiger partial charge is 0.252 e. The molecule has 3 aromatic rings. The second kappa shape index (κ2) is 5.48. The number of rotatable bonds is 3. The van der Waals surface area contributed by atoms with Crippen molar-refractivity contribution in [3.63, 3.8) is 0 Å². The van der Waals surface area contributed by atoms with Crippen LogP contribution in [0.15, 0.2) is 61.1 Å². The highest BCUT2D eigenvalue weighted by Crippen LogP contribution is 2.16. The Hall–Kier alpha value is -2.75. The van der Waals surface area contributed by atoms with Gasteiger partial charge in [-0.3, -0.25) is 14.8 Å². The van der Waals surface area contributed by atoms with Gasteiger partial charge in [-0.15, -0.1) is 0 Å². The van der Waals surface area contributed by atoms with Gasteiger partial charge < -0.3 is 5.32 Å². The van der Waals surface area contributed by atoms with Crippen molar-refractivity contribution in [2.24, 2.45) is 0 Å². The first kappa shape index (κ1) is 12.3. The molecule has 0 spiro atoms. The van der Waals surface area contributed by atoms with Crippen LogP contribution < -0.4 is 5.32 Å². The van der Waals surface area contributed by atoms with E-state index in [4.69, 9.17) is 0 Å². The van der Waals surface area contributed by atoms with Crippen molar-refractivity contribution in [3.05, 3.63) is 72.2 Å². The Morgan fingerprint density at radius 1 is 1.05 bits per heavy atom. The van der Waals surface area contributed by atoms with Crippen LogP contribution in [-0.2, 0) is 6.54 Å². The Bertz CT molecular complexity index is 736. The third-order valence-electron chi connectivity index (χ3n) is 3.07. The minimum Gasteiger partial charge on any atom is -0.348 e. The summed E-state index contributed by atoms with van der Waals surface area (Å²) in [5, 5.41) is 3.76. The van der Waals surface area contributed by atoms with Crippen molar-refractivity contribution in [3.8, 4) is 0 Å². The molecular formula is C16H13N3O. The molecule has 1 amide bonds. The molecule has 20 heavy (non-hydrogen) atoms. The van der Waals surface area contributed by atoms with E-state index < -0.39 is 0 Å². The highest BCUT2D eigenvalue weighted by atomic mass is 16.1. The molecule has 0 saturated carbocycles. The second-order valence-corrected chi connectivity index (χ2v) is 4.42. The van der Waals surface area contributed by atoms with Crippen molar-refractivity contribution in [2.75, 3.05) is 0 Å². The summed E-state index contributed by atoms with van der Waals surface area (Å²) < 4.78 is 0. The molecule has 0 radical (unpaired) electrons. The summed E-state index contributed by atoms with van der Waals surface area (Å²) >= 11 is 0. The van der Waals surface area contributed by atoms with Crippen molar-refractivity contribution in [1.29, 1.82) is 0 Å². The Kier molecular flexibility index (Phi) is 3.37. The van der Waals surface area contributed by atoms with Crippen LogP contribution in [0.3, 0.4) is 0 Å². The predicted octanol–water partition coefficient (Wildman–Crippen LogP) is 2.56. The maximum atomic E-state index is 12.3. The Morgan fingerprint density at radius 2 is 1.95 bits per heavy atom. The van der Waals surface area contributed by atoms with Gasteiger partial charge in [0.1, 0.15) is 0 Å². The Labute approximate surface area is 116 Å². The van der Waals surface area contributed by atoms with Gasteiger partial charge in [0.05, 0.1) is 11.1 Å². The number of aromatic nitrogens is 2. The molecule has 4 heteroatoms. The quantitative estimate of drug-likeness (QED) is 0.790. The van der Waals surface area contributed by atoms with Gasteiger partial charge in [0.15, 0.2) is 0 Å². The Balaban J connectivity index is 1.82. The SMILES string of the molecule is O=C(NCc1cccnc1)c1ccnc2ccccc12. The van der Waals surface area contributed by atoms with E-state index in [1.54, 1.807) is 24.7 Å². The van der Waals surface area contributed by atoms with Crippen LogP contribution in [0.5, 0.6) is 0 Å². The molecule has 0 atom stereocenters. The molecule has 0 aliphatic heterocycles. The molecule has 0 unspecified atom stereocenters. The van der Waals surface area contributed by atoms with E-state index in [9.17, 15) is 4.79 Å². The molecule has 3 rings (SSSR count). The number of carbonyl (C=O) groups excluding carboxylic acids is 1. The van der Waals surface area contributed by atoms with E-state index in [2.05, 4.69) is 15.3 Å². The molecule has 4 nitrogen and oxygen atoms in total. The van der Waals surface area contributed by atoms with Crippen LogP contribution in [0.4, 0.5) is 0 Å². The molecule has 0 bridgehead atoms. The molecule has 0 aliphatic carbocycles. The highest BCUT2D eigenvalue weighted by molar-refractivity contribution is 6.05. The van der Waals surface area contributed by atoms with Crippen LogP contribution in [0.2, 0.25) is 0 Å². The van der Waals surface area contributed by atoms with E-state index in [1.807, 2.05) is 36.4 Å². The summed E-state index contributed by atoms with van der Waals surface area (Å²) in [5.41, 5.74) is 2.43. The summed E-state index contributed by atoms with van der Waals surface area (Å²) in [4.78, 5) is 20.5. The highest BCUT2D eigenvalue weighted by Gasteiger charge is 2.09. The minimum atomic E-state index is -0.104. The molecule has 98 valence electrons. The monoisotopic (exact) mass is 263 g/mol. The number of fused-ring (bicyclic) bond motifs is 1. The molecule has 2 aromatic heterocycles. The summed E-state index contributed by atoms with van der Waals surface area (Å²) in [5.74, 6) is -0.104. The second-order valence-electron chi connectivity index (χ2n) is 4.42. The summed E-state index contributed by atoms with van der Waals surface area (Å²) in [6, 6.07) is 13.1. The third kappa shape index (κ3) is 2.49. The Morgan fingerprint density at radius 3 is 2.80 bits per heavy atom.